The number of hydrogen-bond acceptors (Lipinski definition) is 3. The molecule has 2 unspecified atom stereocenters. The number of nitriles is 1. The van der Waals surface area contributed by atoms with Crippen LogP contribution in [-0.4, -0.2) is 35.1 Å². The molecule has 0 aromatic carbocycles. The van der Waals surface area contributed by atoms with Gasteiger partial charge in [-0.25, -0.2) is 0 Å². The molecule has 0 spiro atoms. The lowest BCUT2D eigenvalue weighted by molar-refractivity contribution is 0.140. The highest BCUT2D eigenvalue weighted by atomic mass is 15.2. The van der Waals surface area contributed by atoms with Crippen LogP contribution < -0.4 is 5.32 Å². The molecule has 0 aromatic rings. The van der Waals surface area contributed by atoms with Crippen molar-refractivity contribution in [2.24, 2.45) is 0 Å². The minimum Gasteiger partial charge on any atom is -0.298 e. The van der Waals surface area contributed by atoms with E-state index in [1.807, 2.05) is 0 Å². The van der Waals surface area contributed by atoms with Crippen LogP contribution in [-0.2, 0) is 0 Å². The van der Waals surface area contributed by atoms with Gasteiger partial charge < -0.3 is 0 Å². The molecule has 3 nitrogen and oxygen atoms in total. The highest BCUT2D eigenvalue weighted by molar-refractivity contribution is 5.14. The van der Waals surface area contributed by atoms with E-state index in [0.717, 1.165) is 25.4 Å². The average Bonchev–Trinajstić information content (AvgIpc) is 3.01. The van der Waals surface area contributed by atoms with E-state index in [1.54, 1.807) is 0 Å². The van der Waals surface area contributed by atoms with Crippen molar-refractivity contribution in [3.63, 3.8) is 0 Å². The minimum absolute atomic E-state index is 0.273. The first-order chi connectivity index (χ1) is 9.10. The highest BCUT2D eigenvalue weighted by Crippen LogP contribution is 2.36. The second-order valence-corrected chi connectivity index (χ2v) is 6.66. The van der Waals surface area contributed by atoms with Crippen molar-refractivity contribution in [2.45, 2.75) is 89.4 Å². The van der Waals surface area contributed by atoms with Crippen LogP contribution >= 0.6 is 0 Å². The summed E-state index contributed by atoms with van der Waals surface area (Å²) < 4.78 is 0. The van der Waals surface area contributed by atoms with Crippen molar-refractivity contribution in [3.8, 4) is 6.07 Å². The molecule has 0 saturated heterocycles. The summed E-state index contributed by atoms with van der Waals surface area (Å²) in [6.07, 6.45) is 8.70. The van der Waals surface area contributed by atoms with Crippen LogP contribution in [0.25, 0.3) is 0 Å². The molecule has 2 aliphatic rings. The van der Waals surface area contributed by atoms with E-state index in [4.69, 9.17) is 0 Å². The van der Waals surface area contributed by atoms with Crippen LogP contribution in [0, 0.1) is 11.3 Å². The van der Waals surface area contributed by atoms with E-state index in [1.165, 1.54) is 32.1 Å². The monoisotopic (exact) mass is 263 g/mol. The molecule has 0 radical (unpaired) electrons. The normalized spacial score (nSPS) is 32.3. The molecule has 2 aliphatic carbocycles. The van der Waals surface area contributed by atoms with E-state index < -0.39 is 0 Å². The Labute approximate surface area is 118 Å². The Kier molecular flexibility index (Phi) is 4.86. The third-order valence-corrected chi connectivity index (χ3v) is 4.90. The lowest BCUT2D eigenvalue weighted by atomic mass is 9.97. The van der Waals surface area contributed by atoms with Crippen molar-refractivity contribution < 1.29 is 0 Å². The van der Waals surface area contributed by atoms with Gasteiger partial charge in [-0.3, -0.25) is 10.2 Å². The SMILES string of the molecule is CCN(C1CCCC1)C1CCC(C#N)(NC(C)C)C1. The molecule has 2 rings (SSSR count). The topological polar surface area (TPSA) is 39.1 Å². The quantitative estimate of drug-likeness (QED) is 0.828. The van der Waals surface area contributed by atoms with Gasteiger partial charge in [0, 0.05) is 18.1 Å². The summed E-state index contributed by atoms with van der Waals surface area (Å²) in [6.45, 7) is 7.70. The van der Waals surface area contributed by atoms with Gasteiger partial charge in [-0.1, -0.05) is 19.8 Å². The van der Waals surface area contributed by atoms with Gasteiger partial charge in [0.15, 0.2) is 0 Å². The molecule has 0 aliphatic heterocycles. The van der Waals surface area contributed by atoms with Crippen molar-refractivity contribution in [3.05, 3.63) is 0 Å². The molecule has 3 heteroatoms. The smallest absolute Gasteiger partial charge is 0.108 e. The maximum absolute atomic E-state index is 9.57. The van der Waals surface area contributed by atoms with Crippen LogP contribution in [0.2, 0.25) is 0 Å². The lowest BCUT2D eigenvalue weighted by Gasteiger charge is -2.34. The third-order valence-electron chi connectivity index (χ3n) is 4.90. The molecule has 2 saturated carbocycles. The Bertz CT molecular complexity index is 327. The Hall–Kier alpha value is -0.590. The van der Waals surface area contributed by atoms with E-state index in [0.29, 0.717) is 12.1 Å². The van der Waals surface area contributed by atoms with E-state index in [-0.39, 0.29) is 5.54 Å². The summed E-state index contributed by atoms with van der Waals surface area (Å²) in [7, 11) is 0. The van der Waals surface area contributed by atoms with Crippen molar-refractivity contribution in [1.82, 2.24) is 10.2 Å². The molecule has 0 heterocycles. The van der Waals surface area contributed by atoms with E-state index in [9.17, 15) is 5.26 Å². The van der Waals surface area contributed by atoms with Gasteiger partial charge in [-0.2, -0.15) is 5.26 Å². The molecular weight excluding hydrogens is 234 g/mol. The molecule has 2 atom stereocenters. The third kappa shape index (κ3) is 3.30. The number of nitrogens with zero attached hydrogens (tertiary/aromatic N) is 2. The molecule has 108 valence electrons. The summed E-state index contributed by atoms with van der Waals surface area (Å²) >= 11 is 0. The summed E-state index contributed by atoms with van der Waals surface area (Å²) in [5.41, 5.74) is -0.273. The molecule has 0 aromatic heterocycles. The van der Waals surface area contributed by atoms with Gasteiger partial charge in [-0.05, 0) is 52.5 Å². The fourth-order valence-corrected chi connectivity index (χ4v) is 4.17. The zero-order valence-electron chi connectivity index (χ0n) is 12.8. The molecule has 2 fully saturated rings. The highest BCUT2D eigenvalue weighted by Gasteiger charge is 2.43. The predicted octanol–water partition coefficient (Wildman–Crippen LogP) is 3.06. The summed E-state index contributed by atoms with van der Waals surface area (Å²) in [5, 5.41) is 13.1. The average molecular weight is 263 g/mol. The Morgan fingerprint density at radius 2 is 1.95 bits per heavy atom. The first kappa shape index (κ1) is 14.8. The predicted molar refractivity (Wildman–Crippen MR) is 78.9 cm³/mol. The van der Waals surface area contributed by atoms with Crippen LogP contribution in [0.5, 0.6) is 0 Å². The van der Waals surface area contributed by atoms with Crippen molar-refractivity contribution >= 4 is 0 Å². The van der Waals surface area contributed by atoms with Crippen LogP contribution in [0.15, 0.2) is 0 Å². The Morgan fingerprint density at radius 3 is 2.47 bits per heavy atom. The fraction of sp³-hybridized carbons (Fsp3) is 0.938. The zero-order chi connectivity index (χ0) is 13.9. The maximum Gasteiger partial charge on any atom is 0.108 e. The molecule has 19 heavy (non-hydrogen) atoms. The Balaban J connectivity index is 2.01. The summed E-state index contributed by atoms with van der Waals surface area (Å²) in [5.74, 6) is 0. The van der Waals surface area contributed by atoms with Gasteiger partial charge in [0.05, 0.1) is 6.07 Å². The second kappa shape index (κ2) is 6.24. The molecule has 0 bridgehead atoms. The van der Waals surface area contributed by atoms with Crippen LogP contribution in [0.1, 0.15) is 65.7 Å². The number of rotatable bonds is 5. The van der Waals surface area contributed by atoms with Crippen molar-refractivity contribution in [1.29, 1.82) is 5.26 Å². The summed E-state index contributed by atoms with van der Waals surface area (Å²) in [4.78, 5) is 2.69. The second-order valence-electron chi connectivity index (χ2n) is 6.66. The first-order valence-corrected chi connectivity index (χ1v) is 8.05. The standard InChI is InChI=1S/C16H29N3/c1-4-19(14-7-5-6-8-14)15-9-10-16(11-15,12-17)18-13(2)3/h13-15,18H,4-11H2,1-3H3. The molecule has 0 amide bonds. The van der Waals surface area contributed by atoms with Gasteiger partial charge in [0.25, 0.3) is 0 Å². The fourth-order valence-electron chi connectivity index (χ4n) is 4.17. The maximum atomic E-state index is 9.57. The summed E-state index contributed by atoms with van der Waals surface area (Å²) in [6, 6.07) is 4.35. The largest absolute Gasteiger partial charge is 0.298 e. The molecule has 1 N–H and O–H groups in total. The first-order valence-electron chi connectivity index (χ1n) is 8.05. The van der Waals surface area contributed by atoms with Gasteiger partial charge in [0.2, 0.25) is 0 Å². The van der Waals surface area contributed by atoms with Gasteiger partial charge in [-0.15, -0.1) is 0 Å². The molecular formula is C16H29N3. The van der Waals surface area contributed by atoms with Crippen LogP contribution in [0.4, 0.5) is 0 Å². The number of hydrogen-bond donors (Lipinski definition) is 1. The zero-order valence-corrected chi connectivity index (χ0v) is 12.8. The van der Waals surface area contributed by atoms with E-state index in [2.05, 4.69) is 37.1 Å². The van der Waals surface area contributed by atoms with E-state index >= 15 is 0 Å². The lowest BCUT2D eigenvalue weighted by Crippen LogP contribution is -2.48. The minimum atomic E-state index is -0.273. The van der Waals surface area contributed by atoms with Crippen LogP contribution in [0.3, 0.4) is 0 Å². The van der Waals surface area contributed by atoms with Gasteiger partial charge >= 0.3 is 0 Å². The van der Waals surface area contributed by atoms with Gasteiger partial charge in [0.1, 0.15) is 5.54 Å². The number of nitrogens with one attached hydrogen (secondary N) is 1. The Morgan fingerprint density at radius 1 is 1.26 bits per heavy atom. The van der Waals surface area contributed by atoms with Crippen molar-refractivity contribution in [2.75, 3.05) is 6.54 Å².